The van der Waals surface area contributed by atoms with Gasteiger partial charge in [0, 0.05) is 35.5 Å². The molecule has 1 aliphatic heterocycles. The molecule has 3 aromatic rings. The number of rotatable bonds is 8. The van der Waals surface area contributed by atoms with Gasteiger partial charge in [0.15, 0.2) is 6.61 Å². The van der Waals surface area contributed by atoms with Gasteiger partial charge in [-0.3, -0.25) is 14.9 Å². The first kappa shape index (κ1) is 22.0. The number of carbonyl (C=O) groups excluding carboxylic acids is 1. The topological polar surface area (TPSA) is 98.8 Å². The van der Waals surface area contributed by atoms with Gasteiger partial charge in [-0.25, -0.2) is 5.43 Å². The van der Waals surface area contributed by atoms with Crippen LogP contribution in [-0.4, -0.2) is 39.7 Å². The second kappa shape index (κ2) is 10.4. The summed E-state index contributed by atoms with van der Waals surface area (Å²) in [5.74, 6) is 2.60. The Morgan fingerprint density at radius 3 is 2.56 bits per heavy atom. The van der Waals surface area contributed by atoms with Crippen LogP contribution in [-0.2, 0) is 4.79 Å². The Morgan fingerprint density at radius 2 is 1.88 bits per heavy atom. The summed E-state index contributed by atoms with van der Waals surface area (Å²) < 4.78 is 7.82. The quantitative estimate of drug-likeness (QED) is 0.299. The molecule has 2 aromatic carbocycles. The number of hydrogen-bond donors (Lipinski definition) is 1. The predicted octanol–water partition coefficient (Wildman–Crippen LogP) is 4.39. The highest BCUT2D eigenvalue weighted by atomic mass is 32.2. The Labute approximate surface area is 193 Å². The Balaban J connectivity index is 1.28. The van der Waals surface area contributed by atoms with Gasteiger partial charge in [-0.15, -0.1) is 23.5 Å². The molecule has 4 rings (SSSR count). The maximum atomic E-state index is 12.0. The van der Waals surface area contributed by atoms with Gasteiger partial charge in [0.1, 0.15) is 5.75 Å². The number of hydrazone groups is 1. The summed E-state index contributed by atoms with van der Waals surface area (Å²) >= 11 is 3.88. The second-order valence-electron chi connectivity index (χ2n) is 6.80. The van der Waals surface area contributed by atoms with Crippen LogP contribution >= 0.6 is 23.5 Å². The molecule has 8 nitrogen and oxygen atoms in total. The number of non-ortho nitro benzene ring substituents is 1. The molecule has 0 unspecified atom stereocenters. The second-order valence-corrected chi connectivity index (χ2v) is 9.53. The zero-order chi connectivity index (χ0) is 22.3. The van der Waals surface area contributed by atoms with Crippen LogP contribution in [0.1, 0.15) is 15.8 Å². The predicted molar refractivity (Wildman–Crippen MR) is 128 cm³/mol. The first-order valence-electron chi connectivity index (χ1n) is 9.80. The summed E-state index contributed by atoms with van der Waals surface area (Å²) in [6, 6.07) is 17.6. The Hall–Kier alpha value is -3.24. The van der Waals surface area contributed by atoms with Gasteiger partial charge in [0.2, 0.25) is 0 Å². The molecule has 0 aliphatic carbocycles. The average molecular weight is 469 g/mol. The van der Waals surface area contributed by atoms with Crippen molar-refractivity contribution in [3.05, 3.63) is 88.2 Å². The van der Waals surface area contributed by atoms with Crippen molar-refractivity contribution < 1.29 is 14.5 Å². The van der Waals surface area contributed by atoms with Gasteiger partial charge in [-0.2, -0.15) is 5.10 Å². The highest BCUT2D eigenvalue weighted by Gasteiger charge is 2.18. The summed E-state index contributed by atoms with van der Waals surface area (Å²) in [7, 11) is 0. The number of ether oxygens (including phenoxy) is 1. The molecule has 0 radical (unpaired) electrons. The molecular weight excluding hydrogens is 448 g/mol. The summed E-state index contributed by atoms with van der Waals surface area (Å²) in [4.78, 5) is 22.4. The number of aromatic nitrogens is 1. The van der Waals surface area contributed by atoms with E-state index in [0.29, 0.717) is 16.0 Å². The minimum absolute atomic E-state index is 0.0225. The fourth-order valence-electron chi connectivity index (χ4n) is 3.09. The highest BCUT2D eigenvalue weighted by Crippen LogP contribution is 2.45. The van der Waals surface area contributed by atoms with E-state index in [9.17, 15) is 14.9 Å². The highest BCUT2D eigenvalue weighted by molar-refractivity contribution is 8.19. The summed E-state index contributed by atoms with van der Waals surface area (Å²) in [6.45, 7) is -0.146. The zero-order valence-electron chi connectivity index (χ0n) is 16.9. The Kier molecular flexibility index (Phi) is 7.13. The third-order valence-corrected chi connectivity index (χ3v) is 7.75. The van der Waals surface area contributed by atoms with Crippen molar-refractivity contribution in [3.63, 3.8) is 0 Å². The van der Waals surface area contributed by atoms with Crippen molar-refractivity contribution in [2.45, 2.75) is 4.58 Å². The maximum Gasteiger partial charge on any atom is 0.277 e. The molecular formula is C22H20N4O4S2. The van der Waals surface area contributed by atoms with E-state index < -0.39 is 4.92 Å². The van der Waals surface area contributed by atoms with Crippen LogP contribution in [0.4, 0.5) is 5.69 Å². The Bertz CT molecular complexity index is 1110. The minimum atomic E-state index is -0.443. The van der Waals surface area contributed by atoms with Crippen molar-refractivity contribution in [2.75, 3.05) is 18.1 Å². The molecule has 1 N–H and O–H groups in total. The van der Waals surface area contributed by atoms with Crippen LogP contribution in [0, 0.1) is 10.1 Å². The monoisotopic (exact) mass is 468 g/mol. The number of thioether (sulfide) groups is 2. The molecule has 2 heterocycles. The Morgan fingerprint density at radius 1 is 1.16 bits per heavy atom. The zero-order valence-corrected chi connectivity index (χ0v) is 18.6. The lowest BCUT2D eigenvalue weighted by Gasteiger charge is -2.10. The lowest BCUT2D eigenvalue weighted by atomic mass is 10.2. The van der Waals surface area contributed by atoms with Gasteiger partial charge in [0.25, 0.3) is 11.6 Å². The third-order valence-electron chi connectivity index (χ3n) is 4.65. The van der Waals surface area contributed by atoms with Gasteiger partial charge >= 0.3 is 0 Å². The van der Waals surface area contributed by atoms with Crippen molar-refractivity contribution in [2.24, 2.45) is 5.10 Å². The van der Waals surface area contributed by atoms with Gasteiger partial charge in [-0.1, -0.05) is 12.1 Å². The fraction of sp³-hybridized carbons (Fsp3) is 0.182. The molecule has 0 atom stereocenters. The van der Waals surface area contributed by atoms with E-state index in [1.807, 2.05) is 59.9 Å². The maximum absolute atomic E-state index is 12.0. The van der Waals surface area contributed by atoms with E-state index in [0.717, 1.165) is 5.69 Å². The molecule has 0 saturated carbocycles. The van der Waals surface area contributed by atoms with Gasteiger partial charge in [-0.05, 0) is 42.0 Å². The number of amides is 1. The molecule has 1 amide bonds. The van der Waals surface area contributed by atoms with Crippen LogP contribution in [0.25, 0.3) is 5.69 Å². The summed E-state index contributed by atoms with van der Waals surface area (Å²) in [5.41, 5.74) is 5.18. The molecule has 32 heavy (non-hydrogen) atoms. The molecule has 0 spiro atoms. The van der Waals surface area contributed by atoms with E-state index in [1.54, 1.807) is 22.9 Å². The fourth-order valence-corrected chi connectivity index (χ4v) is 5.95. The average Bonchev–Trinajstić information content (AvgIpc) is 3.51. The van der Waals surface area contributed by atoms with Gasteiger partial charge in [0.05, 0.1) is 21.4 Å². The van der Waals surface area contributed by atoms with Crippen molar-refractivity contribution in [1.29, 1.82) is 0 Å². The normalized spacial score (nSPS) is 14.0. The standard InChI is InChI=1S/C22H20N4O4S2/c27-21(15-30-20-9-3-16(4-10-20)22-31-12-13-32-22)24-23-14-19-2-1-11-25(19)17-5-7-18(8-6-17)26(28)29/h1-11,14,22H,12-13,15H2,(H,24,27)/b23-14-. The van der Waals surface area contributed by atoms with Crippen molar-refractivity contribution in [1.82, 2.24) is 9.99 Å². The lowest BCUT2D eigenvalue weighted by molar-refractivity contribution is -0.384. The number of carbonyl (C=O) groups is 1. The lowest BCUT2D eigenvalue weighted by Crippen LogP contribution is -2.24. The SMILES string of the molecule is O=C(COc1ccc(C2SCCS2)cc1)N/N=C\c1cccn1-c1ccc([N+](=O)[O-])cc1. The summed E-state index contributed by atoms with van der Waals surface area (Å²) in [5, 5.41) is 14.8. The number of hydrogen-bond acceptors (Lipinski definition) is 7. The first-order chi connectivity index (χ1) is 15.6. The molecule has 1 fully saturated rings. The summed E-state index contributed by atoms with van der Waals surface area (Å²) in [6.07, 6.45) is 3.31. The number of nitrogens with one attached hydrogen (secondary N) is 1. The van der Waals surface area contributed by atoms with Crippen molar-refractivity contribution >= 4 is 41.3 Å². The van der Waals surface area contributed by atoms with Crippen LogP contribution in [0.5, 0.6) is 5.75 Å². The van der Waals surface area contributed by atoms with Crippen molar-refractivity contribution in [3.8, 4) is 11.4 Å². The number of benzene rings is 2. The minimum Gasteiger partial charge on any atom is -0.484 e. The molecule has 0 bridgehead atoms. The largest absolute Gasteiger partial charge is 0.484 e. The van der Waals surface area contributed by atoms with E-state index in [2.05, 4.69) is 10.5 Å². The van der Waals surface area contributed by atoms with E-state index in [1.165, 1.54) is 35.4 Å². The van der Waals surface area contributed by atoms with Crippen LogP contribution in [0.15, 0.2) is 72.0 Å². The molecule has 1 aliphatic rings. The molecule has 1 saturated heterocycles. The number of nitrogens with zero attached hydrogens (tertiary/aromatic N) is 3. The number of nitro groups is 1. The number of nitro benzene ring substituents is 1. The van der Waals surface area contributed by atoms with Crippen LogP contribution < -0.4 is 10.2 Å². The smallest absolute Gasteiger partial charge is 0.277 e. The van der Waals surface area contributed by atoms with E-state index in [4.69, 9.17) is 4.74 Å². The molecule has 164 valence electrons. The van der Waals surface area contributed by atoms with E-state index in [-0.39, 0.29) is 18.2 Å². The van der Waals surface area contributed by atoms with Crippen LogP contribution in [0.2, 0.25) is 0 Å². The molecule has 10 heteroatoms. The first-order valence-corrected chi connectivity index (χ1v) is 11.9. The van der Waals surface area contributed by atoms with Crippen LogP contribution in [0.3, 0.4) is 0 Å². The van der Waals surface area contributed by atoms with E-state index >= 15 is 0 Å². The van der Waals surface area contributed by atoms with Gasteiger partial charge < -0.3 is 9.30 Å². The molecule has 1 aromatic heterocycles. The third kappa shape index (κ3) is 5.51.